The summed E-state index contributed by atoms with van der Waals surface area (Å²) in [7, 11) is 0. The molecule has 0 unspecified atom stereocenters. The van der Waals surface area contributed by atoms with Crippen molar-refractivity contribution < 1.29 is 9.59 Å². The van der Waals surface area contributed by atoms with E-state index < -0.39 is 5.41 Å². The SMILES string of the molecule is CCc1ccc(NC(=O)C2(C(=O)NCc3ccc(C)cc3)CC2)cc1. The first-order valence-electron chi connectivity index (χ1n) is 8.78. The Hall–Kier alpha value is -2.62. The van der Waals surface area contributed by atoms with Gasteiger partial charge in [-0.05, 0) is 49.4 Å². The van der Waals surface area contributed by atoms with Crippen LogP contribution in [0.5, 0.6) is 0 Å². The highest BCUT2D eigenvalue weighted by atomic mass is 16.2. The van der Waals surface area contributed by atoms with Gasteiger partial charge in [-0.3, -0.25) is 9.59 Å². The van der Waals surface area contributed by atoms with Crippen molar-refractivity contribution in [2.75, 3.05) is 5.32 Å². The van der Waals surface area contributed by atoms with Gasteiger partial charge in [-0.15, -0.1) is 0 Å². The molecule has 0 saturated heterocycles. The number of carbonyl (C=O) groups excluding carboxylic acids is 2. The van der Waals surface area contributed by atoms with Crippen molar-refractivity contribution in [2.45, 2.75) is 39.7 Å². The smallest absolute Gasteiger partial charge is 0.240 e. The van der Waals surface area contributed by atoms with E-state index in [0.29, 0.717) is 19.4 Å². The van der Waals surface area contributed by atoms with Gasteiger partial charge in [0.2, 0.25) is 11.8 Å². The standard InChI is InChI=1S/C21H24N2O2/c1-3-16-8-10-18(11-9-16)23-20(25)21(12-13-21)19(24)22-14-17-6-4-15(2)5-7-17/h4-11H,3,12-14H2,1-2H3,(H,22,24)(H,23,25). The molecule has 2 amide bonds. The Labute approximate surface area is 148 Å². The van der Waals surface area contributed by atoms with Crippen LogP contribution in [-0.4, -0.2) is 11.8 Å². The second-order valence-electron chi connectivity index (χ2n) is 6.75. The lowest BCUT2D eigenvalue weighted by molar-refractivity contribution is -0.134. The highest BCUT2D eigenvalue weighted by Gasteiger charge is 2.56. The van der Waals surface area contributed by atoms with E-state index in [2.05, 4.69) is 17.6 Å². The fraction of sp³-hybridized carbons (Fsp3) is 0.333. The molecule has 2 aromatic rings. The second-order valence-corrected chi connectivity index (χ2v) is 6.75. The molecule has 3 rings (SSSR count). The summed E-state index contributed by atoms with van der Waals surface area (Å²) in [6.07, 6.45) is 2.16. The molecule has 1 aliphatic carbocycles. The van der Waals surface area contributed by atoms with Crippen molar-refractivity contribution in [1.82, 2.24) is 5.32 Å². The molecule has 0 atom stereocenters. The van der Waals surface area contributed by atoms with E-state index in [9.17, 15) is 9.59 Å². The maximum absolute atomic E-state index is 12.6. The van der Waals surface area contributed by atoms with E-state index in [1.807, 2.05) is 55.5 Å². The molecule has 130 valence electrons. The van der Waals surface area contributed by atoms with Gasteiger partial charge in [0, 0.05) is 12.2 Å². The van der Waals surface area contributed by atoms with Crippen LogP contribution in [-0.2, 0) is 22.6 Å². The molecule has 2 N–H and O–H groups in total. The van der Waals surface area contributed by atoms with Crippen molar-refractivity contribution in [2.24, 2.45) is 5.41 Å². The van der Waals surface area contributed by atoms with Crippen LogP contribution in [0.2, 0.25) is 0 Å². The zero-order valence-electron chi connectivity index (χ0n) is 14.8. The van der Waals surface area contributed by atoms with E-state index in [1.54, 1.807) is 0 Å². The minimum Gasteiger partial charge on any atom is -0.351 e. The summed E-state index contributed by atoms with van der Waals surface area (Å²) in [6.45, 7) is 4.56. The second kappa shape index (κ2) is 7.09. The van der Waals surface area contributed by atoms with Crippen molar-refractivity contribution >= 4 is 17.5 Å². The Balaban J connectivity index is 1.59. The average molecular weight is 336 g/mol. The quantitative estimate of drug-likeness (QED) is 0.792. The maximum atomic E-state index is 12.6. The summed E-state index contributed by atoms with van der Waals surface area (Å²) in [5, 5.41) is 5.79. The van der Waals surface area contributed by atoms with E-state index in [4.69, 9.17) is 0 Å². The van der Waals surface area contributed by atoms with E-state index in [0.717, 1.165) is 17.7 Å². The Kier molecular flexibility index (Phi) is 4.88. The van der Waals surface area contributed by atoms with E-state index in [-0.39, 0.29) is 11.8 Å². The summed E-state index contributed by atoms with van der Waals surface area (Å²) in [5.74, 6) is -0.395. The number of hydrogen-bond donors (Lipinski definition) is 2. The summed E-state index contributed by atoms with van der Waals surface area (Å²) < 4.78 is 0. The van der Waals surface area contributed by atoms with Crippen molar-refractivity contribution in [1.29, 1.82) is 0 Å². The Morgan fingerprint density at radius 2 is 1.52 bits per heavy atom. The molecule has 25 heavy (non-hydrogen) atoms. The number of carbonyl (C=O) groups is 2. The predicted octanol–water partition coefficient (Wildman–Crippen LogP) is 3.59. The van der Waals surface area contributed by atoms with Gasteiger partial charge in [0.05, 0.1) is 0 Å². The molecule has 0 aromatic heterocycles. The van der Waals surface area contributed by atoms with Crippen LogP contribution in [0.4, 0.5) is 5.69 Å². The van der Waals surface area contributed by atoms with Gasteiger partial charge in [0.1, 0.15) is 5.41 Å². The zero-order valence-corrected chi connectivity index (χ0v) is 14.8. The largest absolute Gasteiger partial charge is 0.351 e. The maximum Gasteiger partial charge on any atom is 0.240 e. The fourth-order valence-corrected chi connectivity index (χ4v) is 2.81. The van der Waals surface area contributed by atoms with E-state index in [1.165, 1.54) is 11.1 Å². The van der Waals surface area contributed by atoms with Gasteiger partial charge in [-0.1, -0.05) is 48.9 Å². The number of aryl methyl sites for hydroxylation is 2. The minimum absolute atomic E-state index is 0.184. The molecule has 1 fully saturated rings. The fourth-order valence-electron chi connectivity index (χ4n) is 2.81. The van der Waals surface area contributed by atoms with Gasteiger partial charge in [-0.2, -0.15) is 0 Å². The number of rotatable bonds is 6. The number of benzene rings is 2. The van der Waals surface area contributed by atoms with Crippen molar-refractivity contribution in [3.8, 4) is 0 Å². The Bertz CT molecular complexity index is 759. The van der Waals surface area contributed by atoms with Gasteiger partial charge < -0.3 is 10.6 Å². The summed E-state index contributed by atoms with van der Waals surface area (Å²) in [4.78, 5) is 25.1. The monoisotopic (exact) mass is 336 g/mol. The van der Waals surface area contributed by atoms with Crippen LogP contribution in [0.3, 0.4) is 0 Å². The number of nitrogens with one attached hydrogen (secondary N) is 2. The summed E-state index contributed by atoms with van der Waals surface area (Å²) in [6, 6.07) is 15.8. The molecule has 2 aromatic carbocycles. The zero-order chi connectivity index (χ0) is 17.9. The van der Waals surface area contributed by atoms with Crippen molar-refractivity contribution in [3.05, 3.63) is 65.2 Å². The van der Waals surface area contributed by atoms with Crippen LogP contribution in [0, 0.1) is 12.3 Å². The molecular formula is C21H24N2O2. The molecule has 0 bridgehead atoms. The van der Waals surface area contributed by atoms with Gasteiger partial charge in [-0.25, -0.2) is 0 Å². The lowest BCUT2D eigenvalue weighted by atomic mass is 10.0. The lowest BCUT2D eigenvalue weighted by Crippen LogP contribution is -2.39. The van der Waals surface area contributed by atoms with Gasteiger partial charge in [0.15, 0.2) is 0 Å². The molecule has 4 nitrogen and oxygen atoms in total. The number of anilines is 1. The predicted molar refractivity (Wildman–Crippen MR) is 99.1 cm³/mol. The third-order valence-electron chi connectivity index (χ3n) is 4.81. The molecule has 4 heteroatoms. The Morgan fingerprint density at radius 1 is 0.920 bits per heavy atom. The number of amides is 2. The lowest BCUT2D eigenvalue weighted by Gasteiger charge is -2.16. The molecule has 1 saturated carbocycles. The molecule has 0 aliphatic heterocycles. The van der Waals surface area contributed by atoms with Crippen molar-refractivity contribution in [3.63, 3.8) is 0 Å². The molecule has 0 spiro atoms. The van der Waals surface area contributed by atoms with Gasteiger partial charge >= 0.3 is 0 Å². The van der Waals surface area contributed by atoms with Crippen LogP contribution in [0.25, 0.3) is 0 Å². The van der Waals surface area contributed by atoms with Crippen LogP contribution in [0.1, 0.15) is 36.5 Å². The van der Waals surface area contributed by atoms with Gasteiger partial charge in [0.25, 0.3) is 0 Å². The highest BCUT2D eigenvalue weighted by molar-refractivity contribution is 6.13. The molecule has 1 aliphatic rings. The topological polar surface area (TPSA) is 58.2 Å². The first-order chi connectivity index (χ1) is 12.0. The highest BCUT2D eigenvalue weighted by Crippen LogP contribution is 2.46. The molecule has 0 heterocycles. The first-order valence-corrected chi connectivity index (χ1v) is 8.78. The van der Waals surface area contributed by atoms with Crippen LogP contribution < -0.4 is 10.6 Å². The normalized spacial score (nSPS) is 14.6. The Morgan fingerprint density at radius 3 is 2.08 bits per heavy atom. The first kappa shape index (κ1) is 17.2. The van der Waals surface area contributed by atoms with Crippen LogP contribution >= 0.6 is 0 Å². The minimum atomic E-state index is -0.909. The average Bonchev–Trinajstić information content (AvgIpc) is 3.44. The van der Waals surface area contributed by atoms with Crippen LogP contribution in [0.15, 0.2) is 48.5 Å². The number of hydrogen-bond acceptors (Lipinski definition) is 2. The molecule has 0 radical (unpaired) electrons. The third-order valence-corrected chi connectivity index (χ3v) is 4.81. The third kappa shape index (κ3) is 3.90. The summed E-state index contributed by atoms with van der Waals surface area (Å²) in [5.41, 5.74) is 3.26. The summed E-state index contributed by atoms with van der Waals surface area (Å²) >= 11 is 0. The molecular weight excluding hydrogens is 312 g/mol. The van der Waals surface area contributed by atoms with E-state index >= 15 is 0 Å².